The minimum Gasteiger partial charge on any atom is -0.744 e. The van der Waals surface area contributed by atoms with Gasteiger partial charge in [0.2, 0.25) is 0 Å². The van der Waals surface area contributed by atoms with Crippen LogP contribution in [0.3, 0.4) is 0 Å². The van der Waals surface area contributed by atoms with Crippen LogP contribution in [-0.2, 0) is 10.1 Å². The van der Waals surface area contributed by atoms with E-state index in [9.17, 15) is 18.1 Å². The Kier molecular flexibility index (Phi) is 5.08. The van der Waals surface area contributed by atoms with Gasteiger partial charge in [-0.25, -0.2) is 8.42 Å². The van der Waals surface area contributed by atoms with E-state index in [1.807, 2.05) is 0 Å². The van der Waals surface area contributed by atoms with Crippen molar-refractivity contribution in [3.8, 4) is 11.5 Å². The summed E-state index contributed by atoms with van der Waals surface area (Å²) in [5.41, 5.74) is 0.0285. The van der Waals surface area contributed by atoms with Gasteiger partial charge in [-0.3, -0.25) is 0 Å². The van der Waals surface area contributed by atoms with Gasteiger partial charge >= 0.3 is 29.6 Å². The van der Waals surface area contributed by atoms with Crippen LogP contribution in [0.15, 0.2) is 17.0 Å². The monoisotopic (exact) mass is 240 g/mol. The summed E-state index contributed by atoms with van der Waals surface area (Å²) in [4.78, 5) is -0.464. The normalized spacial score (nSPS) is 10.6. The van der Waals surface area contributed by atoms with E-state index in [1.165, 1.54) is 20.1 Å². The van der Waals surface area contributed by atoms with E-state index in [0.717, 1.165) is 6.07 Å². The molecule has 0 bridgehead atoms. The van der Waals surface area contributed by atoms with Gasteiger partial charge in [0.1, 0.15) is 21.6 Å². The first kappa shape index (κ1) is 14.7. The van der Waals surface area contributed by atoms with Crippen LogP contribution in [0.2, 0.25) is 0 Å². The van der Waals surface area contributed by atoms with Crippen molar-refractivity contribution in [1.82, 2.24) is 0 Å². The van der Waals surface area contributed by atoms with Crippen LogP contribution in [0.5, 0.6) is 11.5 Å². The molecule has 1 N–H and O–H groups in total. The number of phenolic OH excluding ortho intramolecular Hbond substituents is 1. The molecule has 0 radical (unpaired) electrons. The molecule has 0 atom stereocenters. The summed E-state index contributed by atoms with van der Waals surface area (Å²) in [6, 6.07) is 2.32. The van der Waals surface area contributed by atoms with Crippen molar-refractivity contribution in [2.75, 3.05) is 7.11 Å². The number of benzene rings is 1. The third-order valence-corrected chi connectivity index (χ3v) is 2.77. The van der Waals surface area contributed by atoms with E-state index in [0.29, 0.717) is 0 Å². The molecule has 78 valence electrons. The Bertz CT molecular complexity index is 454. The minimum absolute atomic E-state index is 0. The standard InChI is InChI=1S/C8H10O5S.Na/c1-5-7(9)3-6(13-2)4-8(5)14(10,11)12;/h3-4,9H,1-2H3,(H,10,11,12);/q;+1/p-1. The summed E-state index contributed by atoms with van der Waals surface area (Å²) in [5.74, 6) is -0.152. The summed E-state index contributed by atoms with van der Waals surface area (Å²) < 4.78 is 37.0. The SMILES string of the molecule is COc1cc(O)c(C)c(S(=O)(=O)[O-])c1.[Na+]. The van der Waals surface area contributed by atoms with Gasteiger partial charge < -0.3 is 14.4 Å². The Morgan fingerprint density at radius 1 is 1.40 bits per heavy atom. The molecule has 0 aliphatic rings. The predicted molar refractivity (Wildman–Crippen MR) is 47.4 cm³/mol. The molecule has 1 aromatic carbocycles. The van der Waals surface area contributed by atoms with E-state index in [4.69, 9.17) is 4.74 Å². The molecule has 0 fully saturated rings. The van der Waals surface area contributed by atoms with Gasteiger partial charge in [-0.15, -0.1) is 0 Å². The number of hydrogen-bond acceptors (Lipinski definition) is 5. The van der Waals surface area contributed by atoms with E-state index < -0.39 is 15.0 Å². The molecule has 0 aliphatic carbocycles. The van der Waals surface area contributed by atoms with Crippen molar-refractivity contribution < 1.29 is 52.4 Å². The Labute approximate surface area is 110 Å². The molecule has 1 rings (SSSR count). The van der Waals surface area contributed by atoms with Gasteiger partial charge in [0.15, 0.2) is 0 Å². The van der Waals surface area contributed by atoms with Gasteiger partial charge in [-0.1, -0.05) is 0 Å². The van der Waals surface area contributed by atoms with E-state index >= 15 is 0 Å². The zero-order chi connectivity index (χ0) is 10.9. The second-order valence-electron chi connectivity index (χ2n) is 2.72. The first-order chi connectivity index (χ1) is 6.36. The molecule has 1 aromatic rings. The predicted octanol–water partition coefficient (Wildman–Crippen LogP) is -2.38. The van der Waals surface area contributed by atoms with Gasteiger partial charge in [0, 0.05) is 11.6 Å². The zero-order valence-corrected chi connectivity index (χ0v) is 11.5. The van der Waals surface area contributed by atoms with Crippen LogP contribution in [0, 0.1) is 6.92 Å². The molecule has 0 aliphatic heterocycles. The molecule has 0 heterocycles. The average molecular weight is 240 g/mol. The van der Waals surface area contributed by atoms with Gasteiger partial charge in [0.25, 0.3) is 0 Å². The summed E-state index contributed by atoms with van der Waals surface area (Å²) >= 11 is 0. The first-order valence-electron chi connectivity index (χ1n) is 3.69. The van der Waals surface area contributed by atoms with Crippen LogP contribution >= 0.6 is 0 Å². The van der Waals surface area contributed by atoms with Crippen LogP contribution in [0.1, 0.15) is 5.56 Å². The molecule has 0 saturated carbocycles. The molecule has 15 heavy (non-hydrogen) atoms. The third kappa shape index (κ3) is 3.35. The number of methoxy groups -OCH3 is 1. The fourth-order valence-electron chi connectivity index (χ4n) is 1.03. The van der Waals surface area contributed by atoms with Crippen molar-refractivity contribution >= 4 is 10.1 Å². The number of phenols is 1. The molecule has 7 heteroatoms. The fourth-order valence-corrected chi connectivity index (χ4v) is 1.77. The molecule has 0 aromatic heterocycles. The maximum absolute atomic E-state index is 10.8. The van der Waals surface area contributed by atoms with Crippen molar-refractivity contribution in [3.05, 3.63) is 17.7 Å². The van der Waals surface area contributed by atoms with Crippen LogP contribution in [0.25, 0.3) is 0 Å². The molecule has 0 saturated heterocycles. The second kappa shape index (κ2) is 5.18. The molecule has 0 amide bonds. The quantitative estimate of drug-likeness (QED) is 0.460. The smallest absolute Gasteiger partial charge is 0.744 e. The van der Waals surface area contributed by atoms with Crippen molar-refractivity contribution in [1.29, 1.82) is 0 Å². The molecular formula is C8H9NaO5S. The molecular weight excluding hydrogens is 231 g/mol. The van der Waals surface area contributed by atoms with Gasteiger partial charge in [-0.05, 0) is 13.0 Å². The number of ether oxygens (including phenoxy) is 1. The number of aromatic hydroxyl groups is 1. The Morgan fingerprint density at radius 2 is 1.93 bits per heavy atom. The van der Waals surface area contributed by atoms with Gasteiger partial charge in [0.05, 0.1) is 12.0 Å². The van der Waals surface area contributed by atoms with Crippen molar-refractivity contribution in [3.63, 3.8) is 0 Å². The van der Waals surface area contributed by atoms with Crippen LogP contribution in [-0.4, -0.2) is 25.2 Å². The average Bonchev–Trinajstić information content (AvgIpc) is 2.07. The second-order valence-corrected chi connectivity index (χ2v) is 4.07. The summed E-state index contributed by atoms with van der Waals surface area (Å²) in [7, 11) is -3.27. The fraction of sp³-hybridized carbons (Fsp3) is 0.250. The topological polar surface area (TPSA) is 86.7 Å². The van der Waals surface area contributed by atoms with Crippen molar-refractivity contribution in [2.45, 2.75) is 11.8 Å². The summed E-state index contributed by atoms with van der Waals surface area (Å²) in [6.45, 7) is 1.35. The maximum Gasteiger partial charge on any atom is 1.00 e. The third-order valence-electron chi connectivity index (χ3n) is 1.81. The van der Waals surface area contributed by atoms with E-state index in [-0.39, 0.29) is 46.6 Å². The zero-order valence-electron chi connectivity index (χ0n) is 8.64. The minimum atomic E-state index is -4.58. The van der Waals surface area contributed by atoms with Crippen LogP contribution in [0.4, 0.5) is 0 Å². The van der Waals surface area contributed by atoms with Crippen molar-refractivity contribution in [2.24, 2.45) is 0 Å². The summed E-state index contributed by atoms with van der Waals surface area (Å²) in [6.07, 6.45) is 0. The molecule has 0 unspecified atom stereocenters. The summed E-state index contributed by atoms with van der Waals surface area (Å²) in [5, 5.41) is 9.29. The largest absolute Gasteiger partial charge is 1.00 e. The Morgan fingerprint density at radius 3 is 2.33 bits per heavy atom. The van der Waals surface area contributed by atoms with Crippen LogP contribution < -0.4 is 34.3 Å². The van der Waals surface area contributed by atoms with E-state index in [2.05, 4.69) is 0 Å². The van der Waals surface area contributed by atoms with E-state index in [1.54, 1.807) is 0 Å². The molecule has 5 nitrogen and oxygen atoms in total. The Hall–Kier alpha value is -0.270. The molecule has 0 spiro atoms. The first-order valence-corrected chi connectivity index (χ1v) is 5.10. The Balaban J connectivity index is 0.00000196. The number of rotatable bonds is 2. The maximum atomic E-state index is 10.8. The van der Waals surface area contributed by atoms with Gasteiger partial charge in [-0.2, -0.15) is 0 Å². The number of hydrogen-bond donors (Lipinski definition) is 1.